The predicted molar refractivity (Wildman–Crippen MR) is 109 cm³/mol. The Bertz CT molecular complexity index is 748. The SMILES string of the molecule is Cc1ccccc1NC(=O)C[C@H]1SC(CN(C)CC(=O)NC(C)C)=NC1=O. The smallest absolute Gasteiger partial charge is 0.260 e. The zero-order valence-corrected chi connectivity index (χ0v) is 16.9. The fourth-order valence-corrected chi connectivity index (χ4v) is 3.77. The van der Waals surface area contributed by atoms with Gasteiger partial charge in [-0.25, -0.2) is 4.99 Å². The number of anilines is 1. The van der Waals surface area contributed by atoms with Crippen LogP contribution in [-0.2, 0) is 14.4 Å². The average molecular weight is 391 g/mol. The van der Waals surface area contributed by atoms with Crippen molar-refractivity contribution in [3.8, 4) is 0 Å². The van der Waals surface area contributed by atoms with Crippen LogP contribution in [0.5, 0.6) is 0 Å². The standard InChI is InChI=1S/C19H26N4O3S/c1-12(2)20-17(25)10-23(4)11-18-22-19(26)15(27-18)9-16(24)21-14-8-6-5-7-13(14)3/h5-8,12,15H,9-11H2,1-4H3,(H,20,25)(H,21,24)/t15-/m1/s1. The number of para-hydroxylation sites is 1. The van der Waals surface area contributed by atoms with Gasteiger partial charge in [0, 0.05) is 24.7 Å². The monoisotopic (exact) mass is 390 g/mol. The van der Waals surface area contributed by atoms with Gasteiger partial charge in [-0.2, -0.15) is 0 Å². The van der Waals surface area contributed by atoms with Crippen LogP contribution in [0.15, 0.2) is 29.3 Å². The number of hydrogen-bond donors (Lipinski definition) is 2. The van der Waals surface area contributed by atoms with Gasteiger partial charge in [0.1, 0.15) is 5.25 Å². The van der Waals surface area contributed by atoms with Crippen LogP contribution in [-0.4, -0.2) is 59.1 Å². The highest BCUT2D eigenvalue weighted by molar-refractivity contribution is 8.15. The number of rotatable bonds is 8. The zero-order valence-electron chi connectivity index (χ0n) is 16.1. The topological polar surface area (TPSA) is 90.9 Å². The Morgan fingerprint density at radius 1 is 1.26 bits per heavy atom. The van der Waals surface area contributed by atoms with E-state index in [1.807, 2.05) is 45.0 Å². The quantitative estimate of drug-likeness (QED) is 0.707. The first kappa shape index (κ1) is 21.1. The lowest BCUT2D eigenvalue weighted by Crippen LogP contribution is -2.39. The molecular weight excluding hydrogens is 364 g/mol. The highest BCUT2D eigenvalue weighted by Gasteiger charge is 2.31. The molecule has 1 aromatic carbocycles. The van der Waals surface area contributed by atoms with Gasteiger partial charge in [-0.05, 0) is 39.4 Å². The third-order valence-electron chi connectivity index (χ3n) is 3.85. The molecule has 0 spiro atoms. The Kier molecular flexibility index (Phi) is 7.55. The van der Waals surface area contributed by atoms with Gasteiger partial charge in [0.25, 0.3) is 5.91 Å². The van der Waals surface area contributed by atoms with Crippen molar-refractivity contribution in [1.82, 2.24) is 10.2 Å². The van der Waals surface area contributed by atoms with E-state index in [0.29, 0.717) is 11.6 Å². The minimum Gasteiger partial charge on any atom is -0.353 e. The molecule has 0 saturated heterocycles. The summed E-state index contributed by atoms with van der Waals surface area (Å²) in [6.07, 6.45) is 0.0718. The lowest BCUT2D eigenvalue weighted by atomic mass is 10.2. The van der Waals surface area contributed by atoms with Gasteiger partial charge < -0.3 is 10.6 Å². The molecule has 0 radical (unpaired) electrons. The lowest BCUT2D eigenvalue weighted by molar-refractivity contribution is -0.122. The highest BCUT2D eigenvalue weighted by Crippen LogP contribution is 2.26. The van der Waals surface area contributed by atoms with Gasteiger partial charge >= 0.3 is 0 Å². The normalized spacial score (nSPS) is 16.6. The van der Waals surface area contributed by atoms with Crippen molar-refractivity contribution in [1.29, 1.82) is 0 Å². The molecule has 146 valence electrons. The van der Waals surface area contributed by atoms with E-state index in [4.69, 9.17) is 0 Å². The van der Waals surface area contributed by atoms with Crippen molar-refractivity contribution in [2.75, 3.05) is 25.5 Å². The van der Waals surface area contributed by atoms with Crippen LogP contribution in [0.25, 0.3) is 0 Å². The molecule has 0 fully saturated rings. The number of likely N-dealkylation sites (N-methyl/N-ethyl adjacent to an activating group) is 1. The summed E-state index contributed by atoms with van der Waals surface area (Å²) in [4.78, 5) is 42.0. The second kappa shape index (κ2) is 9.66. The Labute approximate surface area is 164 Å². The molecule has 3 amide bonds. The van der Waals surface area contributed by atoms with Crippen molar-refractivity contribution in [2.45, 2.75) is 38.5 Å². The van der Waals surface area contributed by atoms with Crippen molar-refractivity contribution >= 4 is 40.2 Å². The number of thioether (sulfide) groups is 1. The fourth-order valence-electron chi connectivity index (χ4n) is 2.62. The summed E-state index contributed by atoms with van der Waals surface area (Å²) < 4.78 is 0. The van der Waals surface area contributed by atoms with Gasteiger partial charge in [-0.3, -0.25) is 19.3 Å². The molecule has 8 heteroatoms. The molecule has 0 aromatic heterocycles. The van der Waals surface area contributed by atoms with Crippen LogP contribution in [0, 0.1) is 6.92 Å². The molecule has 27 heavy (non-hydrogen) atoms. The number of aliphatic imine (C=N–C) groups is 1. The first-order valence-electron chi connectivity index (χ1n) is 8.86. The number of hydrogen-bond acceptors (Lipinski definition) is 5. The predicted octanol–water partition coefficient (Wildman–Crippen LogP) is 1.82. The molecular formula is C19H26N4O3S. The van der Waals surface area contributed by atoms with Gasteiger partial charge in [-0.1, -0.05) is 30.0 Å². The second-order valence-electron chi connectivity index (χ2n) is 6.91. The Balaban J connectivity index is 1.82. The summed E-state index contributed by atoms with van der Waals surface area (Å²) in [5, 5.41) is 5.78. The van der Waals surface area contributed by atoms with Crippen molar-refractivity contribution in [3.05, 3.63) is 29.8 Å². The first-order valence-corrected chi connectivity index (χ1v) is 9.74. The Morgan fingerprint density at radius 2 is 1.96 bits per heavy atom. The third-order valence-corrected chi connectivity index (χ3v) is 4.99. The summed E-state index contributed by atoms with van der Waals surface area (Å²) in [5.41, 5.74) is 1.71. The van der Waals surface area contributed by atoms with Crippen LogP contribution in [0.3, 0.4) is 0 Å². The molecule has 1 aromatic rings. The molecule has 1 aliphatic heterocycles. The number of carbonyl (C=O) groups is 3. The number of nitrogens with one attached hydrogen (secondary N) is 2. The molecule has 1 atom stereocenters. The third kappa shape index (κ3) is 6.80. The van der Waals surface area contributed by atoms with Crippen LogP contribution in [0.4, 0.5) is 5.69 Å². The largest absolute Gasteiger partial charge is 0.353 e. The van der Waals surface area contributed by atoms with Gasteiger partial charge in [-0.15, -0.1) is 0 Å². The number of carbonyl (C=O) groups excluding carboxylic acids is 3. The summed E-state index contributed by atoms with van der Waals surface area (Å²) in [7, 11) is 1.80. The second-order valence-corrected chi connectivity index (χ2v) is 8.19. The van der Waals surface area contributed by atoms with Crippen LogP contribution in [0.2, 0.25) is 0 Å². The van der Waals surface area contributed by atoms with E-state index in [1.165, 1.54) is 11.8 Å². The Hall–Kier alpha value is -2.19. The molecule has 0 saturated carbocycles. The molecule has 0 bridgehead atoms. The Morgan fingerprint density at radius 3 is 2.63 bits per heavy atom. The van der Waals surface area contributed by atoms with E-state index in [0.717, 1.165) is 11.3 Å². The molecule has 2 rings (SSSR count). The van der Waals surface area contributed by atoms with E-state index >= 15 is 0 Å². The number of aryl methyl sites for hydroxylation is 1. The molecule has 0 unspecified atom stereocenters. The van der Waals surface area contributed by atoms with E-state index in [-0.39, 0.29) is 36.7 Å². The molecule has 2 N–H and O–H groups in total. The summed E-state index contributed by atoms with van der Waals surface area (Å²) in [5.74, 6) is -0.581. The molecule has 1 aliphatic rings. The summed E-state index contributed by atoms with van der Waals surface area (Å²) in [6, 6.07) is 7.58. The van der Waals surface area contributed by atoms with Crippen LogP contribution in [0.1, 0.15) is 25.8 Å². The van der Waals surface area contributed by atoms with Gasteiger partial charge in [0.2, 0.25) is 11.8 Å². The number of amides is 3. The lowest BCUT2D eigenvalue weighted by Gasteiger charge is -2.17. The summed E-state index contributed by atoms with van der Waals surface area (Å²) in [6.45, 7) is 6.35. The van der Waals surface area contributed by atoms with Crippen LogP contribution < -0.4 is 10.6 Å². The molecule has 1 heterocycles. The van der Waals surface area contributed by atoms with E-state index < -0.39 is 5.25 Å². The minimum atomic E-state index is -0.512. The first-order chi connectivity index (χ1) is 12.7. The number of benzene rings is 1. The zero-order chi connectivity index (χ0) is 20.0. The minimum absolute atomic E-state index is 0.0718. The average Bonchev–Trinajstić information content (AvgIpc) is 2.87. The maximum atomic E-state index is 12.3. The number of nitrogens with zero attached hydrogens (tertiary/aromatic N) is 2. The molecule has 0 aliphatic carbocycles. The maximum Gasteiger partial charge on any atom is 0.260 e. The van der Waals surface area contributed by atoms with Crippen LogP contribution >= 0.6 is 11.8 Å². The highest BCUT2D eigenvalue weighted by atomic mass is 32.2. The van der Waals surface area contributed by atoms with Crippen molar-refractivity contribution in [3.63, 3.8) is 0 Å². The van der Waals surface area contributed by atoms with Gasteiger partial charge in [0.05, 0.1) is 11.6 Å². The van der Waals surface area contributed by atoms with Crippen molar-refractivity contribution < 1.29 is 14.4 Å². The fraction of sp³-hybridized carbons (Fsp3) is 0.474. The maximum absolute atomic E-state index is 12.3. The van der Waals surface area contributed by atoms with E-state index in [2.05, 4.69) is 15.6 Å². The van der Waals surface area contributed by atoms with Gasteiger partial charge in [0.15, 0.2) is 0 Å². The summed E-state index contributed by atoms with van der Waals surface area (Å²) >= 11 is 1.30. The van der Waals surface area contributed by atoms with Crippen molar-refractivity contribution in [2.24, 2.45) is 4.99 Å². The van der Waals surface area contributed by atoms with E-state index in [9.17, 15) is 14.4 Å². The van der Waals surface area contributed by atoms with E-state index in [1.54, 1.807) is 11.9 Å². The molecule has 7 nitrogen and oxygen atoms in total.